The zero-order valence-corrected chi connectivity index (χ0v) is 13.7. The number of halogens is 1. The molecule has 1 heterocycles. The summed E-state index contributed by atoms with van der Waals surface area (Å²) in [5, 5.41) is 6.11. The molecule has 1 aromatic heterocycles. The van der Waals surface area contributed by atoms with Crippen molar-refractivity contribution in [2.75, 3.05) is 6.54 Å². The molecule has 2 rings (SSSR count). The molecule has 2 N–H and O–H groups in total. The predicted molar refractivity (Wildman–Crippen MR) is 85.8 cm³/mol. The molecule has 2 aromatic rings. The van der Waals surface area contributed by atoms with Gasteiger partial charge in [-0.3, -0.25) is 10.1 Å². The van der Waals surface area contributed by atoms with Gasteiger partial charge < -0.3 is 9.73 Å². The molecule has 4 nitrogen and oxygen atoms in total. The van der Waals surface area contributed by atoms with Gasteiger partial charge in [0.25, 0.3) is 0 Å². The molecule has 0 saturated heterocycles. The van der Waals surface area contributed by atoms with E-state index in [2.05, 4.69) is 26.6 Å². The molecule has 0 aliphatic carbocycles. The number of furan rings is 1. The van der Waals surface area contributed by atoms with Crippen LogP contribution in [0.2, 0.25) is 0 Å². The summed E-state index contributed by atoms with van der Waals surface area (Å²) in [7, 11) is 0. The summed E-state index contributed by atoms with van der Waals surface area (Å²) in [6.07, 6.45) is 1.63. The lowest BCUT2D eigenvalue weighted by molar-refractivity contribution is -0.121. The first kappa shape index (κ1) is 15.8. The van der Waals surface area contributed by atoms with E-state index in [1.807, 2.05) is 50.2 Å². The van der Waals surface area contributed by atoms with Crippen molar-refractivity contribution < 1.29 is 9.21 Å². The molecule has 0 fully saturated rings. The van der Waals surface area contributed by atoms with E-state index in [1.165, 1.54) is 0 Å². The van der Waals surface area contributed by atoms with E-state index in [1.54, 1.807) is 6.26 Å². The standard InChI is InChI=1S/C16H19BrN2O2/c1-11(13-5-7-14(17)8-6-13)19-16(20)10-18-12(2)15-4-3-9-21-15/h3-9,11-12,18H,10H2,1-2H3,(H,19,20)/t11-,12-/m1/s1. The quantitative estimate of drug-likeness (QED) is 0.837. The summed E-state index contributed by atoms with van der Waals surface area (Å²) in [5.41, 5.74) is 1.07. The zero-order valence-electron chi connectivity index (χ0n) is 12.1. The fourth-order valence-corrected chi connectivity index (χ4v) is 2.28. The highest BCUT2D eigenvalue weighted by molar-refractivity contribution is 9.10. The Hall–Kier alpha value is -1.59. The molecule has 0 aliphatic heterocycles. The maximum Gasteiger partial charge on any atom is 0.234 e. The Morgan fingerprint density at radius 3 is 2.52 bits per heavy atom. The minimum absolute atomic E-state index is 0.00809. The molecule has 1 amide bonds. The van der Waals surface area contributed by atoms with Crippen LogP contribution in [0.4, 0.5) is 0 Å². The van der Waals surface area contributed by atoms with E-state index in [4.69, 9.17) is 4.42 Å². The van der Waals surface area contributed by atoms with Gasteiger partial charge in [-0.05, 0) is 43.7 Å². The van der Waals surface area contributed by atoms with Gasteiger partial charge in [0, 0.05) is 4.47 Å². The lowest BCUT2D eigenvalue weighted by atomic mass is 10.1. The Balaban J connectivity index is 1.80. The van der Waals surface area contributed by atoms with Crippen molar-refractivity contribution in [1.82, 2.24) is 10.6 Å². The van der Waals surface area contributed by atoms with E-state index in [-0.39, 0.29) is 24.5 Å². The monoisotopic (exact) mass is 350 g/mol. The van der Waals surface area contributed by atoms with Gasteiger partial charge >= 0.3 is 0 Å². The van der Waals surface area contributed by atoms with Crippen molar-refractivity contribution in [1.29, 1.82) is 0 Å². The van der Waals surface area contributed by atoms with Crippen LogP contribution >= 0.6 is 15.9 Å². The smallest absolute Gasteiger partial charge is 0.234 e. The van der Waals surface area contributed by atoms with Crippen LogP contribution in [0.1, 0.15) is 37.3 Å². The van der Waals surface area contributed by atoms with Crippen molar-refractivity contribution >= 4 is 21.8 Å². The topological polar surface area (TPSA) is 54.3 Å². The predicted octanol–water partition coefficient (Wildman–Crippen LogP) is 3.57. The SMILES string of the molecule is C[C@@H](NC(=O)CN[C@H](C)c1ccco1)c1ccc(Br)cc1. The molecule has 2 atom stereocenters. The van der Waals surface area contributed by atoms with Gasteiger partial charge in [0.2, 0.25) is 5.91 Å². The van der Waals surface area contributed by atoms with E-state index in [9.17, 15) is 4.79 Å². The third-order valence-electron chi connectivity index (χ3n) is 3.29. The number of hydrogen-bond donors (Lipinski definition) is 2. The largest absolute Gasteiger partial charge is 0.468 e. The molecule has 5 heteroatoms. The normalized spacial score (nSPS) is 13.7. The van der Waals surface area contributed by atoms with Crippen molar-refractivity contribution in [3.8, 4) is 0 Å². The molecule has 0 bridgehead atoms. The van der Waals surface area contributed by atoms with Crippen LogP contribution in [0.25, 0.3) is 0 Å². The summed E-state index contributed by atoms with van der Waals surface area (Å²) >= 11 is 3.40. The highest BCUT2D eigenvalue weighted by atomic mass is 79.9. The van der Waals surface area contributed by atoms with Gasteiger partial charge in [-0.15, -0.1) is 0 Å². The summed E-state index contributed by atoms with van der Waals surface area (Å²) in [6.45, 7) is 4.18. The minimum atomic E-state index is -0.0381. The Morgan fingerprint density at radius 1 is 1.19 bits per heavy atom. The number of amides is 1. The van der Waals surface area contributed by atoms with E-state index < -0.39 is 0 Å². The van der Waals surface area contributed by atoms with Gasteiger partial charge in [0.05, 0.1) is 24.9 Å². The average Bonchev–Trinajstić information content (AvgIpc) is 2.99. The van der Waals surface area contributed by atoms with Crippen LogP contribution < -0.4 is 10.6 Å². The van der Waals surface area contributed by atoms with Crippen molar-refractivity contribution in [3.63, 3.8) is 0 Å². The summed E-state index contributed by atoms with van der Waals surface area (Å²) in [6, 6.07) is 11.6. The van der Waals surface area contributed by atoms with Crippen molar-refractivity contribution in [2.45, 2.75) is 25.9 Å². The Morgan fingerprint density at radius 2 is 1.90 bits per heavy atom. The Bertz CT molecular complexity index is 566. The summed E-state index contributed by atoms with van der Waals surface area (Å²) in [5.74, 6) is 0.785. The number of benzene rings is 1. The van der Waals surface area contributed by atoms with Crippen LogP contribution in [0.15, 0.2) is 51.6 Å². The van der Waals surface area contributed by atoms with Gasteiger partial charge in [0.15, 0.2) is 0 Å². The third-order valence-corrected chi connectivity index (χ3v) is 3.81. The lowest BCUT2D eigenvalue weighted by Gasteiger charge is -2.16. The summed E-state index contributed by atoms with van der Waals surface area (Å²) < 4.78 is 6.32. The maximum absolute atomic E-state index is 12.0. The molecular formula is C16H19BrN2O2. The van der Waals surface area contributed by atoms with Crippen molar-refractivity contribution in [3.05, 3.63) is 58.5 Å². The maximum atomic E-state index is 12.0. The molecular weight excluding hydrogens is 332 g/mol. The zero-order chi connectivity index (χ0) is 15.2. The van der Waals surface area contributed by atoms with Crippen molar-refractivity contribution in [2.24, 2.45) is 0 Å². The molecule has 0 radical (unpaired) electrons. The number of carbonyl (C=O) groups excluding carboxylic acids is 1. The Kier molecular flexibility index (Phi) is 5.59. The summed E-state index contributed by atoms with van der Waals surface area (Å²) in [4.78, 5) is 12.0. The van der Waals surface area contributed by atoms with Gasteiger partial charge in [-0.2, -0.15) is 0 Å². The molecule has 0 spiro atoms. The molecule has 0 saturated carbocycles. The highest BCUT2D eigenvalue weighted by Crippen LogP contribution is 2.16. The first-order valence-electron chi connectivity index (χ1n) is 6.88. The van der Waals surface area contributed by atoms with Crippen LogP contribution in [-0.4, -0.2) is 12.5 Å². The molecule has 0 unspecified atom stereocenters. The second-order valence-electron chi connectivity index (χ2n) is 4.96. The van der Waals surface area contributed by atoms with Gasteiger partial charge in [-0.25, -0.2) is 0 Å². The van der Waals surface area contributed by atoms with E-state index in [0.717, 1.165) is 15.8 Å². The first-order valence-corrected chi connectivity index (χ1v) is 7.67. The van der Waals surface area contributed by atoms with Crippen LogP contribution in [0.5, 0.6) is 0 Å². The second kappa shape index (κ2) is 7.43. The van der Waals surface area contributed by atoms with E-state index >= 15 is 0 Å². The molecule has 0 aliphatic rings. The highest BCUT2D eigenvalue weighted by Gasteiger charge is 2.12. The first-order chi connectivity index (χ1) is 10.1. The fraction of sp³-hybridized carbons (Fsp3) is 0.312. The number of rotatable bonds is 6. The number of nitrogens with one attached hydrogen (secondary N) is 2. The van der Waals surface area contributed by atoms with Crippen LogP contribution in [0.3, 0.4) is 0 Å². The van der Waals surface area contributed by atoms with E-state index in [0.29, 0.717) is 0 Å². The van der Waals surface area contributed by atoms with Gasteiger partial charge in [-0.1, -0.05) is 28.1 Å². The minimum Gasteiger partial charge on any atom is -0.468 e. The van der Waals surface area contributed by atoms with Crippen LogP contribution in [-0.2, 0) is 4.79 Å². The van der Waals surface area contributed by atoms with Gasteiger partial charge in [0.1, 0.15) is 5.76 Å². The molecule has 1 aromatic carbocycles. The fourth-order valence-electron chi connectivity index (χ4n) is 2.01. The second-order valence-corrected chi connectivity index (χ2v) is 5.87. The number of hydrogen-bond acceptors (Lipinski definition) is 3. The average molecular weight is 351 g/mol. The number of carbonyl (C=O) groups is 1. The Labute approximate surface area is 133 Å². The third kappa shape index (κ3) is 4.72. The van der Waals surface area contributed by atoms with Crippen LogP contribution in [0, 0.1) is 0 Å². The molecule has 112 valence electrons. The lowest BCUT2D eigenvalue weighted by Crippen LogP contribution is -2.36. The molecule has 21 heavy (non-hydrogen) atoms.